The summed E-state index contributed by atoms with van der Waals surface area (Å²) in [5.74, 6) is -0.316. The molecule has 0 radical (unpaired) electrons. The molecule has 1 saturated carbocycles. The van der Waals surface area contributed by atoms with E-state index in [1.165, 1.54) is 10.9 Å². The Hall–Kier alpha value is -3.15. The first kappa shape index (κ1) is 22.1. The standard InChI is InChI=1S/C20H21ClFN7O3/c1-11(13-4-3-9-23-16(13)21)32-19(31)26-17-15(27-28-29(17)2)14-6-5-12(10-24-14)25-18(30)20(22)7-8-20/h3-6,9-11,19,26,31H,7-8H2,1-2H3,(H,25,30)/t11-,19?/m1/s1. The Kier molecular flexibility index (Phi) is 6.04. The summed E-state index contributed by atoms with van der Waals surface area (Å²) in [4.78, 5) is 20.1. The average molecular weight is 462 g/mol. The van der Waals surface area contributed by atoms with Crippen molar-refractivity contribution >= 4 is 29.0 Å². The number of nitrogens with zero attached hydrogens (tertiary/aromatic N) is 5. The molecule has 3 N–H and O–H groups in total. The lowest BCUT2D eigenvalue weighted by atomic mass is 10.2. The topological polar surface area (TPSA) is 127 Å². The fourth-order valence-electron chi connectivity index (χ4n) is 3.00. The zero-order valence-corrected chi connectivity index (χ0v) is 18.0. The van der Waals surface area contributed by atoms with Gasteiger partial charge in [-0.3, -0.25) is 9.78 Å². The zero-order chi connectivity index (χ0) is 22.9. The largest absolute Gasteiger partial charge is 0.351 e. The predicted molar refractivity (Wildman–Crippen MR) is 114 cm³/mol. The number of rotatable bonds is 8. The Morgan fingerprint density at radius 3 is 2.78 bits per heavy atom. The fourth-order valence-corrected chi connectivity index (χ4v) is 3.27. The molecule has 1 unspecified atom stereocenters. The predicted octanol–water partition coefficient (Wildman–Crippen LogP) is 2.83. The maximum Gasteiger partial charge on any atom is 0.262 e. The number of alkyl halides is 1. The van der Waals surface area contributed by atoms with Gasteiger partial charge in [0, 0.05) is 18.8 Å². The van der Waals surface area contributed by atoms with E-state index in [0.717, 1.165) is 0 Å². The number of halogens is 2. The van der Waals surface area contributed by atoms with E-state index in [4.69, 9.17) is 16.3 Å². The number of aryl methyl sites for hydroxylation is 1. The third-order valence-corrected chi connectivity index (χ3v) is 5.32. The molecule has 4 rings (SSSR count). The molecule has 1 amide bonds. The Bertz CT molecular complexity index is 1120. The third kappa shape index (κ3) is 4.69. The lowest BCUT2D eigenvalue weighted by molar-refractivity contribution is -0.122. The molecule has 0 bridgehead atoms. The number of aromatic nitrogens is 5. The normalized spacial score (nSPS) is 16.3. The van der Waals surface area contributed by atoms with Crippen LogP contribution in [0.4, 0.5) is 15.9 Å². The highest BCUT2D eigenvalue weighted by atomic mass is 35.5. The second-order valence-electron chi connectivity index (χ2n) is 7.42. The number of aliphatic hydroxyl groups is 1. The van der Waals surface area contributed by atoms with Gasteiger partial charge in [-0.25, -0.2) is 14.1 Å². The van der Waals surface area contributed by atoms with Gasteiger partial charge in [0.05, 0.1) is 23.7 Å². The summed E-state index contributed by atoms with van der Waals surface area (Å²) in [5.41, 5.74) is -0.00104. The minimum absolute atomic E-state index is 0.231. The minimum Gasteiger partial charge on any atom is -0.351 e. The summed E-state index contributed by atoms with van der Waals surface area (Å²) in [6.45, 7) is 1.73. The summed E-state index contributed by atoms with van der Waals surface area (Å²) in [6, 6.07) is 6.67. The average Bonchev–Trinajstić information content (AvgIpc) is 3.43. The minimum atomic E-state index is -1.77. The molecule has 0 aromatic carbocycles. The van der Waals surface area contributed by atoms with Gasteiger partial charge in [-0.05, 0) is 38.0 Å². The van der Waals surface area contributed by atoms with Crippen LogP contribution in [-0.4, -0.2) is 48.1 Å². The molecule has 3 aromatic rings. The molecular formula is C20H21ClFN7O3. The van der Waals surface area contributed by atoms with Gasteiger partial charge in [0.2, 0.25) is 6.41 Å². The van der Waals surface area contributed by atoms with Crippen LogP contribution in [0.5, 0.6) is 0 Å². The second kappa shape index (κ2) is 8.77. The van der Waals surface area contributed by atoms with Crippen molar-refractivity contribution in [1.82, 2.24) is 25.0 Å². The number of hydrogen-bond acceptors (Lipinski definition) is 8. The van der Waals surface area contributed by atoms with Crippen LogP contribution in [0.2, 0.25) is 5.15 Å². The maximum absolute atomic E-state index is 13.8. The Labute approximate surface area is 187 Å². The molecular weight excluding hydrogens is 441 g/mol. The van der Waals surface area contributed by atoms with Gasteiger partial charge in [0.15, 0.2) is 17.2 Å². The number of hydrogen-bond donors (Lipinski definition) is 3. The zero-order valence-electron chi connectivity index (χ0n) is 17.3. The first-order valence-corrected chi connectivity index (χ1v) is 10.2. The highest BCUT2D eigenvalue weighted by Gasteiger charge is 2.50. The van der Waals surface area contributed by atoms with Crippen molar-refractivity contribution in [1.29, 1.82) is 0 Å². The summed E-state index contributed by atoms with van der Waals surface area (Å²) in [7, 11) is 1.64. The molecule has 168 valence electrons. The van der Waals surface area contributed by atoms with Gasteiger partial charge in [-0.15, -0.1) is 5.10 Å². The number of amides is 1. The quantitative estimate of drug-likeness (QED) is 0.345. The van der Waals surface area contributed by atoms with Gasteiger partial charge < -0.3 is 20.5 Å². The fraction of sp³-hybridized carbons (Fsp3) is 0.350. The van der Waals surface area contributed by atoms with E-state index in [-0.39, 0.29) is 18.0 Å². The SMILES string of the molecule is C[C@@H](OC(O)Nc1c(-c2ccc(NC(=O)C3(F)CC3)cn2)nnn1C)c1cccnc1Cl. The van der Waals surface area contributed by atoms with Crippen LogP contribution in [0.15, 0.2) is 36.7 Å². The molecule has 3 aromatic heterocycles. The maximum atomic E-state index is 13.8. The van der Waals surface area contributed by atoms with Crippen LogP contribution in [0.1, 0.15) is 31.4 Å². The molecule has 12 heteroatoms. The number of aliphatic hydroxyl groups excluding tert-OH is 1. The van der Waals surface area contributed by atoms with Gasteiger partial charge >= 0.3 is 0 Å². The second-order valence-corrected chi connectivity index (χ2v) is 7.78. The van der Waals surface area contributed by atoms with Crippen LogP contribution >= 0.6 is 11.6 Å². The van der Waals surface area contributed by atoms with Crippen molar-refractivity contribution in [3.8, 4) is 11.4 Å². The Morgan fingerprint density at radius 1 is 1.34 bits per heavy atom. The van der Waals surface area contributed by atoms with Gasteiger partial charge in [-0.2, -0.15) is 0 Å². The van der Waals surface area contributed by atoms with Crippen molar-refractivity contribution in [2.75, 3.05) is 10.6 Å². The van der Waals surface area contributed by atoms with Gasteiger partial charge in [-0.1, -0.05) is 22.9 Å². The van der Waals surface area contributed by atoms with E-state index in [1.807, 2.05) is 0 Å². The van der Waals surface area contributed by atoms with Gasteiger partial charge in [0.25, 0.3) is 5.91 Å². The van der Waals surface area contributed by atoms with Crippen molar-refractivity contribution < 1.29 is 19.0 Å². The smallest absolute Gasteiger partial charge is 0.262 e. The molecule has 1 fully saturated rings. The van der Waals surface area contributed by atoms with Crippen LogP contribution in [0.3, 0.4) is 0 Å². The van der Waals surface area contributed by atoms with E-state index in [0.29, 0.717) is 28.5 Å². The lowest BCUT2D eigenvalue weighted by Crippen LogP contribution is -2.26. The van der Waals surface area contributed by atoms with Crippen LogP contribution in [0.25, 0.3) is 11.4 Å². The lowest BCUT2D eigenvalue weighted by Gasteiger charge is -2.20. The van der Waals surface area contributed by atoms with Crippen molar-refractivity contribution in [3.63, 3.8) is 0 Å². The van der Waals surface area contributed by atoms with E-state index in [9.17, 15) is 14.3 Å². The molecule has 1 aliphatic rings. The summed E-state index contributed by atoms with van der Waals surface area (Å²) < 4.78 is 20.8. The highest BCUT2D eigenvalue weighted by Crippen LogP contribution is 2.40. The van der Waals surface area contributed by atoms with Crippen molar-refractivity contribution in [2.45, 2.75) is 38.0 Å². The van der Waals surface area contributed by atoms with Crippen LogP contribution in [0, 0.1) is 0 Å². The third-order valence-electron chi connectivity index (χ3n) is 5.01. The molecule has 0 aliphatic heterocycles. The van der Waals surface area contributed by atoms with E-state index >= 15 is 0 Å². The van der Waals surface area contributed by atoms with Gasteiger partial charge in [0.1, 0.15) is 5.15 Å². The molecule has 10 nitrogen and oxygen atoms in total. The monoisotopic (exact) mass is 461 g/mol. The summed E-state index contributed by atoms with van der Waals surface area (Å²) in [6.07, 6.45) is 1.47. The molecule has 32 heavy (non-hydrogen) atoms. The highest BCUT2D eigenvalue weighted by molar-refractivity contribution is 6.30. The summed E-state index contributed by atoms with van der Waals surface area (Å²) in [5, 5.41) is 24.0. The first-order chi connectivity index (χ1) is 15.3. The van der Waals surface area contributed by atoms with E-state index in [2.05, 4.69) is 30.9 Å². The molecule has 3 heterocycles. The first-order valence-electron chi connectivity index (χ1n) is 9.84. The number of pyridine rings is 2. The Morgan fingerprint density at radius 2 is 2.12 bits per heavy atom. The van der Waals surface area contributed by atoms with E-state index in [1.54, 1.807) is 44.4 Å². The Balaban J connectivity index is 1.45. The number of nitrogens with one attached hydrogen (secondary N) is 2. The van der Waals surface area contributed by atoms with Crippen LogP contribution in [-0.2, 0) is 16.6 Å². The van der Waals surface area contributed by atoms with E-state index < -0.39 is 24.1 Å². The molecule has 1 aliphatic carbocycles. The molecule has 2 atom stereocenters. The van der Waals surface area contributed by atoms with Crippen molar-refractivity contribution in [3.05, 3.63) is 47.4 Å². The molecule has 0 spiro atoms. The summed E-state index contributed by atoms with van der Waals surface area (Å²) >= 11 is 6.08. The van der Waals surface area contributed by atoms with Crippen molar-refractivity contribution in [2.24, 2.45) is 7.05 Å². The van der Waals surface area contributed by atoms with Crippen LogP contribution < -0.4 is 10.6 Å². The number of anilines is 2. The molecule has 0 saturated heterocycles. The number of carbonyl (C=O) groups is 1. The number of carbonyl (C=O) groups excluding carboxylic acids is 1. The number of ether oxygens (including phenoxy) is 1.